The van der Waals surface area contributed by atoms with Crippen LogP contribution in [0.4, 0.5) is 4.39 Å². The molecule has 0 aromatic heterocycles. The number of hydrogen-bond acceptors (Lipinski definition) is 2. The van der Waals surface area contributed by atoms with Gasteiger partial charge in [-0.15, -0.1) is 0 Å². The molecule has 17 heavy (non-hydrogen) atoms. The summed E-state index contributed by atoms with van der Waals surface area (Å²) >= 11 is 0. The summed E-state index contributed by atoms with van der Waals surface area (Å²) in [4.78, 5) is 12.1. The molecule has 1 aromatic rings. The van der Waals surface area contributed by atoms with Gasteiger partial charge in [0.25, 0.3) is 0 Å². The highest BCUT2D eigenvalue weighted by atomic mass is 19.1. The Morgan fingerprint density at radius 1 is 1.47 bits per heavy atom. The van der Waals surface area contributed by atoms with Gasteiger partial charge in [-0.25, -0.2) is 4.39 Å². The largest absolute Gasteiger partial charge is 0.316 e. The summed E-state index contributed by atoms with van der Waals surface area (Å²) < 4.78 is 13.4. The van der Waals surface area contributed by atoms with Crippen molar-refractivity contribution >= 4 is 5.78 Å². The maximum atomic E-state index is 13.4. The Kier molecular flexibility index (Phi) is 3.89. The molecule has 92 valence electrons. The van der Waals surface area contributed by atoms with Crippen molar-refractivity contribution in [2.75, 3.05) is 13.1 Å². The third-order valence-corrected chi connectivity index (χ3v) is 3.52. The Morgan fingerprint density at radius 2 is 2.24 bits per heavy atom. The van der Waals surface area contributed by atoms with Gasteiger partial charge in [-0.2, -0.15) is 0 Å². The number of benzene rings is 1. The zero-order valence-corrected chi connectivity index (χ0v) is 10.1. The number of ketones is 1. The summed E-state index contributed by atoms with van der Waals surface area (Å²) in [5, 5.41) is 3.27. The molecule has 0 unspecified atom stereocenters. The van der Waals surface area contributed by atoms with Gasteiger partial charge in [-0.1, -0.05) is 25.1 Å². The average Bonchev–Trinajstić information content (AvgIpc) is 2.32. The van der Waals surface area contributed by atoms with E-state index in [9.17, 15) is 9.18 Å². The van der Waals surface area contributed by atoms with Crippen LogP contribution in [0.15, 0.2) is 24.3 Å². The van der Waals surface area contributed by atoms with Gasteiger partial charge >= 0.3 is 0 Å². The molecule has 1 saturated heterocycles. The maximum Gasteiger partial charge on any atom is 0.140 e. The molecule has 2 atom stereocenters. The van der Waals surface area contributed by atoms with E-state index >= 15 is 0 Å². The van der Waals surface area contributed by atoms with E-state index in [1.54, 1.807) is 18.2 Å². The fraction of sp³-hybridized carbons (Fsp3) is 0.500. The Balaban J connectivity index is 2.03. The normalized spacial score (nSPS) is 24.6. The Hall–Kier alpha value is -1.22. The summed E-state index contributed by atoms with van der Waals surface area (Å²) in [7, 11) is 0. The Bertz CT molecular complexity index is 405. The molecule has 0 aliphatic carbocycles. The van der Waals surface area contributed by atoms with E-state index in [1.165, 1.54) is 6.07 Å². The molecule has 1 N–H and O–H groups in total. The quantitative estimate of drug-likeness (QED) is 0.870. The van der Waals surface area contributed by atoms with Crippen molar-refractivity contribution in [3.05, 3.63) is 35.6 Å². The molecule has 0 bridgehead atoms. The van der Waals surface area contributed by atoms with E-state index in [1.807, 2.05) is 0 Å². The minimum absolute atomic E-state index is 0.0795. The van der Waals surface area contributed by atoms with Crippen molar-refractivity contribution in [1.29, 1.82) is 0 Å². The van der Waals surface area contributed by atoms with Crippen LogP contribution in [0.2, 0.25) is 0 Å². The molecule has 0 saturated carbocycles. The van der Waals surface area contributed by atoms with Crippen LogP contribution in [0, 0.1) is 17.7 Å². The van der Waals surface area contributed by atoms with Crippen molar-refractivity contribution in [3.8, 4) is 0 Å². The topological polar surface area (TPSA) is 29.1 Å². The summed E-state index contributed by atoms with van der Waals surface area (Å²) in [6.07, 6.45) is 1.09. The van der Waals surface area contributed by atoms with Crippen molar-refractivity contribution < 1.29 is 9.18 Å². The lowest BCUT2D eigenvalue weighted by molar-refractivity contribution is -0.124. The smallest absolute Gasteiger partial charge is 0.140 e. The summed E-state index contributed by atoms with van der Waals surface area (Å²) in [5.41, 5.74) is 0.517. The van der Waals surface area contributed by atoms with E-state index in [4.69, 9.17) is 0 Å². The number of halogens is 1. The number of piperidine rings is 1. The standard InChI is InChI=1S/C14H18FNO/c1-10-9-16-7-6-12(10)14(17)8-11-4-2-3-5-13(11)15/h2-5,10,12,16H,6-9H2,1H3/t10-,12-/m0/s1. The summed E-state index contributed by atoms with van der Waals surface area (Å²) in [6, 6.07) is 6.53. The molecule has 2 rings (SSSR count). The minimum atomic E-state index is -0.276. The molecule has 0 amide bonds. The van der Waals surface area contributed by atoms with Gasteiger partial charge < -0.3 is 5.32 Å². The Labute approximate surface area is 101 Å². The average molecular weight is 235 g/mol. The van der Waals surface area contributed by atoms with Crippen LogP contribution in [0.1, 0.15) is 18.9 Å². The fourth-order valence-corrected chi connectivity index (χ4v) is 2.45. The van der Waals surface area contributed by atoms with Gasteiger partial charge in [0, 0.05) is 12.3 Å². The third kappa shape index (κ3) is 2.91. The molecule has 3 heteroatoms. The van der Waals surface area contributed by atoms with E-state index in [-0.39, 0.29) is 23.9 Å². The lowest BCUT2D eigenvalue weighted by Crippen LogP contribution is -2.39. The van der Waals surface area contributed by atoms with Crippen LogP contribution in [0.5, 0.6) is 0 Å². The zero-order valence-electron chi connectivity index (χ0n) is 10.1. The van der Waals surface area contributed by atoms with Gasteiger partial charge in [-0.3, -0.25) is 4.79 Å². The lowest BCUT2D eigenvalue weighted by Gasteiger charge is -2.28. The highest BCUT2D eigenvalue weighted by Gasteiger charge is 2.27. The second-order valence-corrected chi connectivity index (χ2v) is 4.81. The lowest BCUT2D eigenvalue weighted by atomic mass is 9.82. The van der Waals surface area contributed by atoms with Gasteiger partial charge in [-0.05, 0) is 37.1 Å². The van der Waals surface area contributed by atoms with E-state index in [2.05, 4.69) is 12.2 Å². The first-order valence-electron chi connectivity index (χ1n) is 6.15. The third-order valence-electron chi connectivity index (χ3n) is 3.52. The number of carbonyl (C=O) groups is 1. The number of hydrogen-bond donors (Lipinski definition) is 1. The van der Waals surface area contributed by atoms with Crippen LogP contribution in [0.3, 0.4) is 0 Å². The van der Waals surface area contributed by atoms with E-state index in [0.717, 1.165) is 19.5 Å². The first-order chi connectivity index (χ1) is 8.18. The predicted molar refractivity (Wildman–Crippen MR) is 65.3 cm³/mol. The molecule has 1 aliphatic heterocycles. The molecule has 0 radical (unpaired) electrons. The molecule has 1 aromatic carbocycles. The summed E-state index contributed by atoms with van der Waals surface area (Å²) in [5.74, 6) is 0.324. The monoisotopic (exact) mass is 235 g/mol. The second-order valence-electron chi connectivity index (χ2n) is 4.81. The highest BCUT2D eigenvalue weighted by Crippen LogP contribution is 2.22. The molecular formula is C14H18FNO. The number of nitrogens with one attached hydrogen (secondary N) is 1. The maximum absolute atomic E-state index is 13.4. The molecule has 0 spiro atoms. The van der Waals surface area contributed by atoms with Crippen LogP contribution in [-0.4, -0.2) is 18.9 Å². The molecule has 1 aliphatic rings. The van der Waals surface area contributed by atoms with Crippen LogP contribution in [0.25, 0.3) is 0 Å². The summed E-state index contributed by atoms with van der Waals surface area (Å²) in [6.45, 7) is 3.85. The number of Topliss-reactive ketones (excluding diaryl/α,β-unsaturated/α-hetero) is 1. The van der Waals surface area contributed by atoms with Crippen molar-refractivity contribution in [2.24, 2.45) is 11.8 Å². The van der Waals surface area contributed by atoms with Crippen molar-refractivity contribution in [3.63, 3.8) is 0 Å². The van der Waals surface area contributed by atoms with E-state index in [0.29, 0.717) is 11.5 Å². The fourth-order valence-electron chi connectivity index (χ4n) is 2.45. The number of rotatable bonds is 3. The van der Waals surface area contributed by atoms with Gasteiger partial charge in [0.2, 0.25) is 0 Å². The second kappa shape index (κ2) is 5.41. The predicted octanol–water partition coefficient (Wildman–Crippen LogP) is 2.18. The Morgan fingerprint density at radius 3 is 2.94 bits per heavy atom. The van der Waals surface area contributed by atoms with Gasteiger partial charge in [0.15, 0.2) is 0 Å². The van der Waals surface area contributed by atoms with Crippen LogP contribution < -0.4 is 5.32 Å². The highest BCUT2D eigenvalue weighted by molar-refractivity contribution is 5.83. The van der Waals surface area contributed by atoms with Crippen molar-refractivity contribution in [2.45, 2.75) is 19.8 Å². The van der Waals surface area contributed by atoms with Crippen molar-refractivity contribution in [1.82, 2.24) is 5.32 Å². The molecule has 1 fully saturated rings. The molecular weight excluding hydrogens is 217 g/mol. The molecule has 1 heterocycles. The molecule has 2 nitrogen and oxygen atoms in total. The first-order valence-corrected chi connectivity index (χ1v) is 6.15. The first kappa shape index (κ1) is 12.2. The van der Waals surface area contributed by atoms with Crippen LogP contribution >= 0.6 is 0 Å². The van der Waals surface area contributed by atoms with Crippen LogP contribution in [-0.2, 0) is 11.2 Å². The minimum Gasteiger partial charge on any atom is -0.316 e. The SMILES string of the molecule is C[C@H]1CNCC[C@@H]1C(=O)Cc1ccccc1F. The van der Waals surface area contributed by atoms with Gasteiger partial charge in [0.05, 0.1) is 0 Å². The van der Waals surface area contributed by atoms with Gasteiger partial charge in [0.1, 0.15) is 11.6 Å². The van der Waals surface area contributed by atoms with E-state index < -0.39 is 0 Å². The number of carbonyl (C=O) groups excluding carboxylic acids is 1. The zero-order chi connectivity index (χ0) is 12.3.